The summed E-state index contributed by atoms with van der Waals surface area (Å²) in [6, 6.07) is 0. The maximum absolute atomic E-state index is 12.4. The Morgan fingerprint density at radius 1 is 1.27 bits per heavy atom. The SMILES string of the molecule is CC1(O[Si](C)(C)C(C)(C)C)CC2(C=CC(=O)CC2)COC1=O. The van der Waals surface area contributed by atoms with Crippen molar-refractivity contribution in [1.29, 1.82) is 0 Å². The summed E-state index contributed by atoms with van der Waals surface area (Å²) in [4.78, 5) is 23.9. The second-order valence-corrected chi connectivity index (χ2v) is 13.2. The molecule has 0 saturated carbocycles. The molecule has 4 nitrogen and oxygen atoms in total. The molecular weight excluding hydrogens is 296 g/mol. The molecule has 5 heteroatoms. The number of hydrogen-bond donors (Lipinski definition) is 0. The minimum Gasteiger partial charge on any atom is -0.463 e. The van der Waals surface area contributed by atoms with Gasteiger partial charge >= 0.3 is 5.97 Å². The van der Waals surface area contributed by atoms with Crippen molar-refractivity contribution in [2.75, 3.05) is 6.61 Å². The van der Waals surface area contributed by atoms with E-state index in [0.29, 0.717) is 19.4 Å². The zero-order valence-corrected chi connectivity index (χ0v) is 15.6. The smallest absolute Gasteiger partial charge is 0.337 e. The van der Waals surface area contributed by atoms with Crippen molar-refractivity contribution in [2.45, 2.75) is 70.7 Å². The van der Waals surface area contributed by atoms with Gasteiger partial charge in [0.1, 0.15) is 6.61 Å². The second kappa shape index (κ2) is 5.30. The van der Waals surface area contributed by atoms with Gasteiger partial charge in [-0.1, -0.05) is 26.8 Å². The van der Waals surface area contributed by atoms with Crippen LogP contribution in [0, 0.1) is 5.41 Å². The molecule has 1 aliphatic heterocycles. The van der Waals surface area contributed by atoms with Crippen LogP contribution < -0.4 is 0 Å². The Kier molecular flexibility index (Phi) is 4.20. The van der Waals surface area contributed by atoms with Crippen LogP contribution in [-0.2, 0) is 18.8 Å². The molecule has 0 amide bonds. The van der Waals surface area contributed by atoms with Gasteiger partial charge < -0.3 is 9.16 Å². The number of allylic oxidation sites excluding steroid dienone is 1. The van der Waals surface area contributed by atoms with Crippen LogP contribution in [0.5, 0.6) is 0 Å². The summed E-state index contributed by atoms with van der Waals surface area (Å²) in [6.45, 7) is 13.0. The zero-order chi connectivity index (χ0) is 16.8. The fourth-order valence-corrected chi connectivity index (χ4v) is 4.62. The molecule has 1 heterocycles. The first-order valence-corrected chi connectivity index (χ1v) is 10.9. The van der Waals surface area contributed by atoms with Crippen molar-refractivity contribution >= 4 is 20.1 Å². The lowest BCUT2D eigenvalue weighted by Gasteiger charge is -2.49. The van der Waals surface area contributed by atoms with Crippen molar-refractivity contribution < 1.29 is 18.8 Å². The van der Waals surface area contributed by atoms with Crippen LogP contribution in [0.25, 0.3) is 0 Å². The lowest BCUT2D eigenvalue weighted by Crippen LogP contribution is -2.58. The quantitative estimate of drug-likeness (QED) is 0.575. The van der Waals surface area contributed by atoms with Gasteiger partial charge in [0.05, 0.1) is 0 Å². The predicted molar refractivity (Wildman–Crippen MR) is 88.1 cm³/mol. The number of esters is 1. The number of ketones is 1. The van der Waals surface area contributed by atoms with Crippen molar-refractivity contribution in [3.63, 3.8) is 0 Å². The van der Waals surface area contributed by atoms with E-state index in [-0.39, 0.29) is 22.2 Å². The van der Waals surface area contributed by atoms with E-state index in [4.69, 9.17) is 9.16 Å². The maximum atomic E-state index is 12.4. The van der Waals surface area contributed by atoms with Crippen molar-refractivity contribution in [2.24, 2.45) is 5.41 Å². The van der Waals surface area contributed by atoms with E-state index < -0.39 is 13.9 Å². The fourth-order valence-electron chi connectivity index (χ4n) is 3.03. The molecule has 0 radical (unpaired) electrons. The van der Waals surface area contributed by atoms with E-state index in [1.54, 1.807) is 6.08 Å². The molecule has 22 heavy (non-hydrogen) atoms. The van der Waals surface area contributed by atoms with E-state index in [2.05, 4.69) is 33.9 Å². The monoisotopic (exact) mass is 324 g/mol. The van der Waals surface area contributed by atoms with E-state index in [0.717, 1.165) is 6.42 Å². The first-order chi connectivity index (χ1) is 9.89. The van der Waals surface area contributed by atoms with E-state index in [1.165, 1.54) is 0 Å². The standard InChI is InChI=1S/C17H28O4Si/c1-15(2,3)22(5,6)21-16(4)11-17(12-20-14(16)19)9-7-13(18)8-10-17/h7,9H,8,10-12H2,1-6H3. The molecule has 1 aliphatic carbocycles. The molecule has 2 rings (SSSR count). The lowest BCUT2D eigenvalue weighted by atomic mass is 9.70. The van der Waals surface area contributed by atoms with Gasteiger partial charge in [0.25, 0.3) is 0 Å². The summed E-state index contributed by atoms with van der Waals surface area (Å²) < 4.78 is 11.9. The first-order valence-electron chi connectivity index (χ1n) is 7.99. The third-order valence-corrected chi connectivity index (χ3v) is 9.96. The molecule has 2 atom stereocenters. The van der Waals surface area contributed by atoms with Gasteiger partial charge in [-0.25, -0.2) is 4.79 Å². The zero-order valence-electron chi connectivity index (χ0n) is 14.6. The normalized spacial score (nSPS) is 33.2. The molecule has 1 fully saturated rings. The number of hydrogen-bond acceptors (Lipinski definition) is 4. The largest absolute Gasteiger partial charge is 0.463 e. The molecular formula is C17H28O4Si. The number of carbonyl (C=O) groups is 2. The number of ether oxygens (including phenoxy) is 1. The number of carbonyl (C=O) groups excluding carboxylic acids is 2. The number of rotatable bonds is 2. The minimum absolute atomic E-state index is 0.0271. The Bertz CT molecular complexity index is 517. The Balaban J connectivity index is 2.26. The Hall–Kier alpha value is -0.943. The summed E-state index contributed by atoms with van der Waals surface area (Å²) in [6.07, 6.45) is 5.40. The van der Waals surface area contributed by atoms with Gasteiger partial charge in [0.2, 0.25) is 0 Å². The summed E-state index contributed by atoms with van der Waals surface area (Å²) in [7, 11) is -2.09. The van der Waals surface area contributed by atoms with Gasteiger partial charge in [0, 0.05) is 11.8 Å². The van der Waals surface area contributed by atoms with E-state index in [1.807, 2.05) is 13.0 Å². The predicted octanol–water partition coefficient (Wildman–Crippen LogP) is 3.62. The minimum atomic E-state index is -2.09. The lowest BCUT2D eigenvalue weighted by molar-refractivity contribution is -0.179. The third kappa shape index (κ3) is 3.20. The topological polar surface area (TPSA) is 52.6 Å². The van der Waals surface area contributed by atoms with Gasteiger partial charge in [-0.15, -0.1) is 0 Å². The molecule has 2 unspecified atom stereocenters. The highest BCUT2D eigenvalue weighted by molar-refractivity contribution is 6.74. The fraction of sp³-hybridized carbons (Fsp3) is 0.765. The van der Waals surface area contributed by atoms with Gasteiger partial charge in [-0.2, -0.15) is 0 Å². The first kappa shape index (κ1) is 17.4. The van der Waals surface area contributed by atoms with Crippen LogP contribution in [0.4, 0.5) is 0 Å². The van der Waals surface area contributed by atoms with Gasteiger partial charge in [-0.3, -0.25) is 4.79 Å². The number of cyclic esters (lactones) is 1. The van der Waals surface area contributed by atoms with Crippen LogP contribution >= 0.6 is 0 Å². The molecule has 0 aromatic rings. The van der Waals surface area contributed by atoms with Crippen molar-refractivity contribution in [3.8, 4) is 0 Å². The molecule has 0 aromatic carbocycles. The molecule has 0 bridgehead atoms. The van der Waals surface area contributed by atoms with Crippen LogP contribution in [0.2, 0.25) is 18.1 Å². The van der Waals surface area contributed by atoms with E-state index in [9.17, 15) is 9.59 Å². The third-order valence-electron chi connectivity index (χ3n) is 5.39. The van der Waals surface area contributed by atoms with Crippen LogP contribution in [0.3, 0.4) is 0 Å². The molecule has 1 spiro atoms. The average Bonchev–Trinajstić information content (AvgIpc) is 2.36. The molecule has 2 aliphatic rings. The summed E-state index contributed by atoms with van der Waals surface area (Å²) in [5.41, 5.74) is -1.18. The van der Waals surface area contributed by atoms with Crippen LogP contribution in [0.15, 0.2) is 12.2 Å². The Morgan fingerprint density at radius 3 is 2.41 bits per heavy atom. The van der Waals surface area contributed by atoms with E-state index >= 15 is 0 Å². The summed E-state index contributed by atoms with van der Waals surface area (Å²) in [5, 5.41) is 0.0271. The second-order valence-electron chi connectivity index (χ2n) is 8.51. The summed E-state index contributed by atoms with van der Waals surface area (Å²) >= 11 is 0. The average molecular weight is 324 g/mol. The van der Waals surface area contributed by atoms with Crippen LogP contribution in [-0.4, -0.2) is 32.3 Å². The maximum Gasteiger partial charge on any atom is 0.337 e. The summed E-state index contributed by atoms with van der Waals surface area (Å²) in [5.74, 6) is -0.122. The molecule has 124 valence electrons. The van der Waals surface area contributed by atoms with Gasteiger partial charge in [-0.05, 0) is 44.0 Å². The van der Waals surface area contributed by atoms with Crippen LogP contribution in [0.1, 0.15) is 47.0 Å². The van der Waals surface area contributed by atoms with Crippen molar-refractivity contribution in [1.82, 2.24) is 0 Å². The molecule has 0 N–H and O–H groups in total. The van der Waals surface area contributed by atoms with Gasteiger partial charge in [0.15, 0.2) is 19.7 Å². The van der Waals surface area contributed by atoms with Crippen molar-refractivity contribution in [3.05, 3.63) is 12.2 Å². The molecule has 0 aromatic heterocycles. The highest BCUT2D eigenvalue weighted by Gasteiger charge is 2.53. The molecule has 1 saturated heterocycles. The highest BCUT2D eigenvalue weighted by Crippen LogP contribution is 2.47. The Morgan fingerprint density at radius 2 is 1.91 bits per heavy atom. The Labute approximate surface area is 134 Å². The highest BCUT2D eigenvalue weighted by atomic mass is 28.4.